The second-order valence-corrected chi connectivity index (χ2v) is 5.18. The number of nitrogens with zero attached hydrogens (tertiary/aromatic N) is 3. The van der Waals surface area contributed by atoms with E-state index < -0.39 is 0 Å². The zero-order valence-electron chi connectivity index (χ0n) is 10.8. The summed E-state index contributed by atoms with van der Waals surface area (Å²) in [6, 6.07) is 3.59. The van der Waals surface area contributed by atoms with E-state index in [4.69, 9.17) is 8.94 Å². The molecule has 19 heavy (non-hydrogen) atoms. The second-order valence-electron chi connectivity index (χ2n) is 5.18. The van der Waals surface area contributed by atoms with Gasteiger partial charge in [-0.25, -0.2) is 0 Å². The number of furan rings is 1. The van der Waals surface area contributed by atoms with Gasteiger partial charge < -0.3 is 14.0 Å². The summed E-state index contributed by atoms with van der Waals surface area (Å²) in [6.45, 7) is 1.55. The maximum atomic E-state index is 9.26. The van der Waals surface area contributed by atoms with Crippen LogP contribution in [0, 0.1) is 5.92 Å². The Morgan fingerprint density at radius 1 is 1.47 bits per heavy atom. The van der Waals surface area contributed by atoms with E-state index in [9.17, 15) is 5.11 Å². The van der Waals surface area contributed by atoms with Crippen molar-refractivity contribution in [3.05, 3.63) is 24.3 Å². The predicted octanol–water partition coefficient (Wildman–Crippen LogP) is 1.53. The highest BCUT2D eigenvalue weighted by molar-refractivity contribution is 5.44. The molecule has 2 aromatic heterocycles. The van der Waals surface area contributed by atoms with Crippen molar-refractivity contribution in [1.82, 2.24) is 15.0 Å². The van der Waals surface area contributed by atoms with Crippen LogP contribution in [-0.2, 0) is 6.54 Å². The first kappa shape index (κ1) is 12.4. The minimum atomic E-state index is -0.104. The highest BCUT2D eigenvalue weighted by Gasteiger charge is 2.28. The van der Waals surface area contributed by atoms with Crippen molar-refractivity contribution in [2.45, 2.75) is 25.5 Å². The van der Waals surface area contributed by atoms with E-state index in [0.717, 1.165) is 19.4 Å². The van der Waals surface area contributed by atoms with Crippen molar-refractivity contribution in [3.8, 4) is 11.6 Å². The van der Waals surface area contributed by atoms with E-state index in [-0.39, 0.29) is 6.10 Å². The molecule has 6 heteroatoms. The van der Waals surface area contributed by atoms with Crippen molar-refractivity contribution < 1.29 is 14.0 Å². The molecule has 0 aliphatic heterocycles. The van der Waals surface area contributed by atoms with Crippen molar-refractivity contribution in [1.29, 1.82) is 0 Å². The topological polar surface area (TPSA) is 75.5 Å². The van der Waals surface area contributed by atoms with E-state index in [2.05, 4.69) is 15.0 Å². The molecule has 0 aromatic carbocycles. The summed E-state index contributed by atoms with van der Waals surface area (Å²) in [6.07, 6.45) is 3.27. The minimum Gasteiger partial charge on any atom is -0.461 e. The van der Waals surface area contributed by atoms with Gasteiger partial charge in [0, 0.05) is 6.54 Å². The Kier molecular flexibility index (Phi) is 3.35. The van der Waals surface area contributed by atoms with Gasteiger partial charge in [-0.1, -0.05) is 5.16 Å². The smallest absolute Gasteiger partial charge is 0.241 e. The van der Waals surface area contributed by atoms with Gasteiger partial charge in [-0.15, -0.1) is 0 Å². The lowest BCUT2D eigenvalue weighted by Gasteiger charge is -2.34. The van der Waals surface area contributed by atoms with Gasteiger partial charge in [0.05, 0.1) is 18.9 Å². The molecule has 2 aromatic rings. The van der Waals surface area contributed by atoms with E-state index >= 15 is 0 Å². The third-order valence-electron chi connectivity index (χ3n) is 3.40. The van der Waals surface area contributed by atoms with Crippen molar-refractivity contribution in [3.63, 3.8) is 0 Å². The van der Waals surface area contributed by atoms with Gasteiger partial charge in [0.1, 0.15) is 0 Å². The molecule has 0 atom stereocenters. The molecule has 0 unspecified atom stereocenters. The Balaban J connectivity index is 1.55. The zero-order valence-corrected chi connectivity index (χ0v) is 10.8. The lowest BCUT2D eigenvalue weighted by atomic mass is 9.82. The van der Waals surface area contributed by atoms with Gasteiger partial charge in [-0.2, -0.15) is 4.98 Å². The third-order valence-corrected chi connectivity index (χ3v) is 3.40. The Bertz CT molecular complexity index is 517. The summed E-state index contributed by atoms with van der Waals surface area (Å²) < 4.78 is 10.4. The lowest BCUT2D eigenvalue weighted by Crippen LogP contribution is -2.36. The molecule has 0 bridgehead atoms. The van der Waals surface area contributed by atoms with Gasteiger partial charge in [-0.3, -0.25) is 4.90 Å². The van der Waals surface area contributed by atoms with Crippen LogP contribution >= 0.6 is 0 Å². The number of hydrogen-bond acceptors (Lipinski definition) is 6. The molecule has 1 saturated carbocycles. The molecule has 1 aliphatic carbocycles. The van der Waals surface area contributed by atoms with Gasteiger partial charge in [0.15, 0.2) is 5.76 Å². The van der Waals surface area contributed by atoms with Crippen LogP contribution in [0.15, 0.2) is 27.3 Å². The van der Waals surface area contributed by atoms with E-state index in [0.29, 0.717) is 29.9 Å². The Hall–Kier alpha value is -1.66. The maximum absolute atomic E-state index is 9.26. The molecule has 0 spiro atoms. The quantitative estimate of drug-likeness (QED) is 0.881. The van der Waals surface area contributed by atoms with Crippen molar-refractivity contribution in [2.24, 2.45) is 5.92 Å². The summed E-state index contributed by atoms with van der Waals surface area (Å²) in [4.78, 5) is 6.43. The van der Waals surface area contributed by atoms with Gasteiger partial charge in [0.25, 0.3) is 0 Å². The van der Waals surface area contributed by atoms with Crippen LogP contribution in [0.4, 0.5) is 0 Å². The standard InChI is InChI=1S/C13H17N3O3/c1-16(7-9-5-10(17)6-9)8-12-14-13(15-19-12)11-3-2-4-18-11/h2-4,9-10,17H,5-8H2,1H3. The number of aliphatic hydroxyl groups excluding tert-OH is 1. The summed E-state index contributed by atoms with van der Waals surface area (Å²) in [7, 11) is 2.02. The fourth-order valence-electron chi connectivity index (χ4n) is 2.41. The third kappa shape index (κ3) is 2.85. The highest BCUT2D eigenvalue weighted by Crippen LogP contribution is 2.27. The summed E-state index contributed by atoms with van der Waals surface area (Å²) in [5, 5.41) is 13.2. The summed E-state index contributed by atoms with van der Waals surface area (Å²) >= 11 is 0. The summed E-state index contributed by atoms with van der Waals surface area (Å²) in [5.74, 6) is 2.24. The molecular weight excluding hydrogens is 246 g/mol. The molecular formula is C13H17N3O3. The van der Waals surface area contributed by atoms with Gasteiger partial charge in [-0.05, 0) is 37.9 Å². The molecule has 2 heterocycles. The normalized spacial score (nSPS) is 22.7. The van der Waals surface area contributed by atoms with Crippen LogP contribution in [-0.4, -0.2) is 39.8 Å². The van der Waals surface area contributed by atoms with E-state index in [1.54, 1.807) is 18.4 Å². The van der Waals surface area contributed by atoms with Crippen LogP contribution in [0.3, 0.4) is 0 Å². The largest absolute Gasteiger partial charge is 0.461 e. The SMILES string of the molecule is CN(Cc1nc(-c2ccco2)no1)CC1CC(O)C1. The first-order valence-corrected chi connectivity index (χ1v) is 6.44. The van der Waals surface area contributed by atoms with Gasteiger partial charge in [0.2, 0.25) is 11.7 Å². The van der Waals surface area contributed by atoms with Crippen LogP contribution < -0.4 is 0 Å². The molecule has 3 rings (SSSR count). The molecule has 1 aliphatic rings. The predicted molar refractivity (Wildman–Crippen MR) is 67.1 cm³/mol. The first-order valence-electron chi connectivity index (χ1n) is 6.44. The molecule has 0 amide bonds. The first-order chi connectivity index (χ1) is 9.20. The lowest BCUT2D eigenvalue weighted by molar-refractivity contribution is 0.0261. The van der Waals surface area contributed by atoms with Crippen LogP contribution in [0.5, 0.6) is 0 Å². The minimum absolute atomic E-state index is 0.104. The number of hydrogen-bond donors (Lipinski definition) is 1. The van der Waals surface area contributed by atoms with Crippen molar-refractivity contribution in [2.75, 3.05) is 13.6 Å². The van der Waals surface area contributed by atoms with Crippen LogP contribution in [0.1, 0.15) is 18.7 Å². The monoisotopic (exact) mass is 263 g/mol. The Morgan fingerprint density at radius 2 is 2.32 bits per heavy atom. The second kappa shape index (κ2) is 5.14. The average molecular weight is 263 g/mol. The fourth-order valence-corrected chi connectivity index (χ4v) is 2.41. The molecule has 6 nitrogen and oxygen atoms in total. The molecule has 102 valence electrons. The molecule has 0 saturated heterocycles. The number of aromatic nitrogens is 2. The summed E-state index contributed by atoms with van der Waals surface area (Å²) in [5.41, 5.74) is 0. The molecule has 1 N–H and O–H groups in total. The highest BCUT2D eigenvalue weighted by atomic mass is 16.5. The van der Waals surface area contributed by atoms with Crippen molar-refractivity contribution >= 4 is 0 Å². The maximum Gasteiger partial charge on any atom is 0.241 e. The molecule has 1 fully saturated rings. The number of aliphatic hydroxyl groups is 1. The zero-order chi connectivity index (χ0) is 13.2. The number of rotatable bonds is 5. The van der Waals surface area contributed by atoms with Crippen LogP contribution in [0.2, 0.25) is 0 Å². The van der Waals surface area contributed by atoms with Crippen LogP contribution in [0.25, 0.3) is 11.6 Å². The van der Waals surface area contributed by atoms with E-state index in [1.165, 1.54) is 0 Å². The molecule has 0 radical (unpaired) electrons. The van der Waals surface area contributed by atoms with E-state index in [1.807, 2.05) is 7.05 Å². The Labute approximate surface area is 111 Å². The fraction of sp³-hybridized carbons (Fsp3) is 0.538. The van der Waals surface area contributed by atoms with Gasteiger partial charge >= 0.3 is 0 Å². The average Bonchev–Trinajstić information content (AvgIpc) is 2.96. The Morgan fingerprint density at radius 3 is 3.00 bits per heavy atom.